The van der Waals surface area contributed by atoms with Gasteiger partial charge in [-0.3, -0.25) is 4.79 Å². The molecule has 19 heavy (non-hydrogen) atoms. The van der Waals surface area contributed by atoms with Crippen molar-refractivity contribution in [3.8, 4) is 0 Å². The Balaban J connectivity index is 1.77. The van der Waals surface area contributed by atoms with Crippen LogP contribution in [0.1, 0.15) is 42.5 Å². The third kappa shape index (κ3) is 2.64. The molecule has 1 heterocycles. The third-order valence-corrected chi connectivity index (χ3v) is 5.04. The SMILES string of the molecule is O=Cc1ccc(N2CCC3CCCCC3C2)c(Cl)c1. The Morgan fingerprint density at radius 1 is 1.16 bits per heavy atom. The summed E-state index contributed by atoms with van der Waals surface area (Å²) < 4.78 is 0. The van der Waals surface area contributed by atoms with Gasteiger partial charge in [-0.25, -0.2) is 0 Å². The highest BCUT2D eigenvalue weighted by molar-refractivity contribution is 6.33. The second-order valence-electron chi connectivity index (χ2n) is 5.87. The summed E-state index contributed by atoms with van der Waals surface area (Å²) in [5.41, 5.74) is 1.75. The van der Waals surface area contributed by atoms with Crippen molar-refractivity contribution in [1.29, 1.82) is 0 Å². The predicted molar refractivity (Wildman–Crippen MR) is 79.1 cm³/mol. The molecule has 0 spiro atoms. The molecule has 1 saturated carbocycles. The van der Waals surface area contributed by atoms with Gasteiger partial charge in [0, 0.05) is 18.7 Å². The van der Waals surface area contributed by atoms with Crippen molar-refractivity contribution in [2.45, 2.75) is 32.1 Å². The van der Waals surface area contributed by atoms with Crippen molar-refractivity contribution in [1.82, 2.24) is 0 Å². The number of hydrogen-bond acceptors (Lipinski definition) is 2. The maximum atomic E-state index is 10.8. The first-order valence-electron chi connectivity index (χ1n) is 7.27. The minimum atomic E-state index is 0.654. The molecule has 0 bridgehead atoms. The van der Waals surface area contributed by atoms with Crippen molar-refractivity contribution in [2.75, 3.05) is 18.0 Å². The molecule has 1 aromatic rings. The number of aldehydes is 1. The van der Waals surface area contributed by atoms with E-state index >= 15 is 0 Å². The highest BCUT2D eigenvalue weighted by Gasteiger charge is 2.31. The lowest BCUT2D eigenvalue weighted by Crippen LogP contribution is -2.41. The number of nitrogens with zero attached hydrogens (tertiary/aromatic N) is 1. The van der Waals surface area contributed by atoms with Crippen LogP contribution < -0.4 is 4.90 Å². The summed E-state index contributed by atoms with van der Waals surface area (Å²) in [6.07, 6.45) is 7.71. The van der Waals surface area contributed by atoms with Crippen molar-refractivity contribution < 1.29 is 4.79 Å². The fraction of sp³-hybridized carbons (Fsp3) is 0.562. The van der Waals surface area contributed by atoms with Gasteiger partial charge in [0.15, 0.2) is 0 Å². The number of halogens is 1. The first-order chi connectivity index (χ1) is 9.28. The Kier molecular flexibility index (Phi) is 3.79. The molecule has 1 aliphatic carbocycles. The van der Waals surface area contributed by atoms with Gasteiger partial charge in [-0.2, -0.15) is 0 Å². The number of carbonyl (C=O) groups is 1. The second-order valence-corrected chi connectivity index (χ2v) is 6.28. The zero-order valence-electron chi connectivity index (χ0n) is 11.1. The molecule has 2 nitrogen and oxygen atoms in total. The van der Waals surface area contributed by atoms with Gasteiger partial charge in [0.2, 0.25) is 0 Å². The van der Waals surface area contributed by atoms with Gasteiger partial charge in [0.1, 0.15) is 6.29 Å². The Bertz CT molecular complexity index is 474. The average molecular weight is 278 g/mol. The smallest absolute Gasteiger partial charge is 0.150 e. The first-order valence-corrected chi connectivity index (χ1v) is 7.65. The lowest BCUT2D eigenvalue weighted by Gasteiger charge is -2.42. The van der Waals surface area contributed by atoms with E-state index in [2.05, 4.69) is 4.90 Å². The molecule has 1 saturated heterocycles. The average Bonchev–Trinajstić information content (AvgIpc) is 2.46. The fourth-order valence-electron chi connectivity index (χ4n) is 3.67. The monoisotopic (exact) mass is 277 g/mol. The van der Waals surface area contributed by atoms with Crippen molar-refractivity contribution in [3.63, 3.8) is 0 Å². The van der Waals surface area contributed by atoms with Crippen molar-refractivity contribution in [3.05, 3.63) is 28.8 Å². The summed E-state index contributed by atoms with van der Waals surface area (Å²) in [5, 5.41) is 0.707. The maximum absolute atomic E-state index is 10.8. The van der Waals surface area contributed by atoms with Gasteiger partial charge in [-0.15, -0.1) is 0 Å². The van der Waals surface area contributed by atoms with Crippen LogP contribution in [-0.2, 0) is 0 Å². The van der Waals surface area contributed by atoms with Crippen LogP contribution in [0.2, 0.25) is 5.02 Å². The summed E-state index contributed by atoms with van der Waals surface area (Å²) in [6, 6.07) is 5.63. The van der Waals surface area contributed by atoms with Crippen molar-refractivity contribution >= 4 is 23.6 Å². The van der Waals surface area contributed by atoms with Crippen LogP contribution in [-0.4, -0.2) is 19.4 Å². The Labute approximate surface area is 119 Å². The number of fused-ring (bicyclic) bond motifs is 1. The fourth-order valence-corrected chi connectivity index (χ4v) is 3.98. The summed E-state index contributed by atoms with van der Waals surface area (Å²) in [4.78, 5) is 13.2. The minimum absolute atomic E-state index is 0.654. The molecule has 2 atom stereocenters. The van der Waals surface area contributed by atoms with Crippen LogP contribution in [0.15, 0.2) is 18.2 Å². The highest BCUT2D eigenvalue weighted by atomic mass is 35.5. The van der Waals surface area contributed by atoms with Crippen LogP contribution in [0.4, 0.5) is 5.69 Å². The molecule has 3 heteroatoms. The molecule has 0 radical (unpaired) electrons. The van der Waals surface area contributed by atoms with Gasteiger partial charge in [0.05, 0.1) is 10.7 Å². The van der Waals surface area contributed by atoms with E-state index in [1.807, 2.05) is 12.1 Å². The summed E-state index contributed by atoms with van der Waals surface area (Å²) >= 11 is 6.32. The Morgan fingerprint density at radius 2 is 1.95 bits per heavy atom. The van der Waals surface area contributed by atoms with Crippen LogP contribution >= 0.6 is 11.6 Å². The number of anilines is 1. The predicted octanol–water partition coefficient (Wildman–Crippen LogP) is 4.17. The molecule has 0 aromatic heterocycles. The molecular formula is C16H20ClNO. The number of rotatable bonds is 2. The summed E-state index contributed by atoms with van der Waals surface area (Å²) in [5.74, 6) is 1.77. The zero-order valence-corrected chi connectivity index (χ0v) is 11.9. The number of hydrogen-bond donors (Lipinski definition) is 0. The van der Waals surface area contributed by atoms with E-state index in [0.717, 1.165) is 36.9 Å². The normalized spacial score (nSPS) is 26.9. The number of piperidine rings is 1. The molecule has 102 valence electrons. The third-order valence-electron chi connectivity index (χ3n) is 4.74. The summed E-state index contributed by atoms with van der Waals surface area (Å²) in [6.45, 7) is 2.23. The largest absolute Gasteiger partial charge is 0.370 e. The molecule has 1 aliphatic heterocycles. The number of carbonyl (C=O) groups excluding carboxylic acids is 1. The van der Waals surface area contributed by atoms with Crippen LogP contribution in [0, 0.1) is 11.8 Å². The lowest BCUT2D eigenvalue weighted by atomic mass is 9.75. The molecule has 0 N–H and O–H groups in total. The Morgan fingerprint density at radius 3 is 2.68 bits per heavy atom. The van der Waals surface area contributed by atoms with Crippen LogP contribution in [0.3, 0.4) is 0 Å². The van der Waals surface area contributed by atoms with Crippen LogP contribution in [0.5, 0.6) is 0 Å². The van der Waals surface area contributed by atoms with Gasteiger partial charge in [-0.1, -0.05) is 30.9 Å². The molecule has 3 rings (SSSR count). The minimum Gasteiger partial charge on any atom is -0.370 e. The standard InChI is InChI=1S/C16H20ClNO/c17-15-9-12(11-19)5-6-16(15)18-8-7-13-3-1-2-4-14(13)10-18/h5-6,9,11,13-14H,1-4,7-8,10H2. The second kappa shape index (κ2) is 5.54. The van der Waals surface area contributed by atoms with E-state index in [4.69, 9.17) is 11.6 Å². The number of benzene rings is 1. The topological polar surface area (TPSA) is 20.3 Å². The van der Waals surface area contributed by atoms with Gasteiger partial charge < -0.3 is 4.90 Å². The molecule has 2 unspecified atom stereocenters. The Hall–Kier alpha value is -1.02. The van der Waals surface area contributed by atoms with Gasteiger partial charge in [-0.05, 0) is 42.9 Å². The molecule has 2 aliphatic rings. The highest BCUT2D eigenvalue weighted by Crippen LogP contribution is 2.39. The van der Waals surface area contributed by atoms with Gasteiger partial charge in [0.25, 0.3) is 0 Å². The molecule has 2 fully saturated rings. The quantitative estimate of drug-likeness (QED) is 0.756. The molecular weight excluding hydrogens is 258 g/mol. The van der Waals surface area contributed by atoms with E-state index in [-0.39, 0.29) is 0 Å². The van der Waals surface area contributed by atoms with E-state index < -0.39 is 0 Å². The first kappa shape index (κ1) is 13.0. The van der Waals surface area contributed by atoms with Gasteiger partial charge >= 0.3 is 0 Å². The zero-order chi connectivity index (χ0) is 13.2. The molecule has 0 amide bonds. The van der Waals surface area contributed by atoms with Crippen molar-refractivity contribution in [2.24, 2.45) is 11.8 Å². The molecule has 1 aromatic carbocycles. The van der Waals surface area contributed by atoms with E-state index in [9.17, 15) is 4.79 Å². The van der Waals surface area contributed by atoms with E-state index in [1.165, 1.54) is 32.1 Å². The lowest BCUT2D eigenvalue weighted by molar-refractivity contribution is 0.112. The maximum Gasteiger partial charge on any atom is 0.150 e. The van der Waals surface area contributed by atoms with E-state index in [1.54, 1.807) is 6.07 Å². The van der Waals surface area contributed by atoms with E-state index in [0.29, 0.717) is 10.6 Å². The van der Waals surface area contributed by atoms with Crippen LogP contribution in [0.25, 0.3) is 0 Å². The summed E-state index contributed by atoms with van der Waals surface area (Å²) in [7, 11) is 0.